The lowest BCUT2D eigenvalue weighted by molar-refractivity contribution is 0.0947. The zero-order valence-corrected chi connectivity index (χ0v) is 12.2. The Bertz CT molecular complexity index is 464. The van der Waals surface area contributed by atoms with Gasteiger partial charge in [0.25, 0.3) is 5.91 Å². The molecule has 0 saturated heterocycles. The third-order valence-corrected chi connectivity index (χ3v) is 3.76. The highest BCUT2D eigenvalue weighted by Gasteiger charge is 2.37. The van der Waals surface area contributed by atoms with Crippen LogP contribution < -0.4 is 10.6 Å². The first-order chi connectivity index (χ1) is 9.04. The van der Waals surface area contributed by atoms with Gasteiger partial charge in [0.1, 0.15) is 0 Å². The summed E-state index contributed by atoms with van der Waals surface area (Å²) >= 11 is 0. The van der Waals surface area contributed by atoms with E-state index < -0.39 is 0 Å². The van der Waals surface area contributed by atoms with Gasteiger partial charge in [-0.25, -0.2) is 0 Å². The van der Waals surface area contributed by atoms with Gasteiger partial charge in [0, 0.05) is 18.8 Å². The molecule has 0 bridgehead atoms. The van der Waals surface area contributed by atoms with E-state index in [1.54, 1.807) is 0 Å². The molecule has 0 aromatic heterocycles. The minimum atomic E-state index is 0.0374. The molecular weight excluding hydrogens is 236 g/mol. The molecule has 2 rings (SSSR count). The second-order valence-electron chi connectivity index (χ2n) is 5.97. The fraction of sp³-hybridized carbons (Fsp3) is 0.562. The smallest absolute Gasteiger partial charge is 0.253 e. The fourth-order valence-electron chi connectivity index (χ4n) is 2.04. The average molecular weight is 260 g/mol. The Balaban J connectivity index is 2.07. The Morgan fingerprint density at radius 3 is 2.74 bits per heavy atom. The molecule has 0 heterocycles. The van der Waals surface area contributed by atoms with Crippen LogP contribution in [0.2, 0.25) is 0 Å². The number of hydrogen-bond donors (Lipinski definition) is 2. The molecule has 1 aromatic carbocycles. The second-order valence-corrected chi connectivity index (χ2v) is 5.97. The summed E-state index contributed by atoms with van der Waals surface area (Å²) in [6.07, 6.45) is 3.50. The third-order valence-electron chi connectivity index (χ3n) is 3.76. The summed E-state index contributed by atoms with van der Waals surface area (Å²) in [5.41, 5.74) is 3.16. The average Bonchev–Trinajstić information content (AvgIpc) is 3.13. The quantitative estimate of drug-likeness (QED) is 0.823. The number of rotatable bonds is 6. The number of anilines is 1. The van der Waals surface area contributed by atoms with Crippen molar-refractivity contribution in [2.75, 3.05) is 18.4 Å². The zero-order valence-electron chi connectivity index (χ0n) is 12.2. The van der Waals surface area contributed by atoms with Gasteiger partial charge >= 0.3 is 0 Å². The number of benzene rings is 1. The lowest BCUT2D eigenvalue weighted by Gasteiger charge is -2.14. The molecule has 0 unspecified atom stereocenters. The highest BCUT2D eigenvalue weighted by Crippen LogP contribution is 2.44. The van der Waals surface area contributed by atoms with Crippen LogP contribution in [0.3, 0.4) is 0 Å². The molecule has 1 fully saturated rings. The summed E-state index contributed by atoms with van der Waals surface area (Å²) in [6.45, 7) is 8.03. The summed E-state index contributed by atoms with van der Waals surface area (Å²) < 4.78 is 0. The summed E-state index contributed by atoms with van der Waals surface area (Å²) in [5.74, 6) is 0.0374. The molecule has 0 spiro atoms. The van der Waals surface area contributed by atoms with E-state index in [4.69, 9.17) is 0 Å². The van der Waals surface area contributed by atoms with Gasteiger partial charge in [-0.3, -0.25) is 4.79 Å². The van der Waals surface area contributed by atoms with Gasteiger partial charge in [-0.1, -0.05) is 25.5 Å². The maximum atomic E-state index is 12.3. The fourth-order valence-corrected chi connectivity index (χ4v) is 2.04. The number of amides is 1. The Kier molecular flexibility index (Phi) is 4.13. The Morgan fingerprint density at radius 2 is 2.11 bits per heavy atom. The molecule has 19 heavy (non-hydrogen) atoms. The lowest BCUT2D eigenvalue weighted by Crippen LogP contribution is -2.29. The molecular formula is C16H24N2O. The van der Waals surface area contributed by atoms with Crippen molar-refractivity contribution >= 4 is 11.6 Å². The van der Waals surface area contributed by atoms with Crippen molar-refractivity contribution in [1.82, 2.24) is 5.32 Å². The van der Waals surface area contributed by atoms with E-state index in [-0.39, 0.29) is 5.91 Å². The minimum Gasteiger partial charge on any atom is -0.384 e. The standard InChI is InChI=1S/C16H24N2O/c1-4-9-17-14-6-5-12(2)10-13(14)15(19)18-11-16(3)7-8-16/h5-6,10,17H,4,7-9,11H2,1-3H3,(H,18,19). The van der Waals surface area contributed by atoms with Crippen LogP contribution >= 0.6 is 0 Å². The first kappa shape index (κ1) is 13.9. The monoisotopic (exact) mass is 260 g/mol. The van der Waals surface area contributed by atoms with Crippen molar-refractivity contribution in [2.24, 2.45) is 5.41 Å². The molecule has 1 amide bonds. The van der Waals surface area contributed by atoms with Gasteiger partial charge in [0.2, 0.25) is 0 Å². The van der Waals surface area contributed by atoms with E-state index in [1.165, 1.54) is 12.8 Å². The van der Waals surface area contributed by atoms with Crippen LogP contribution in [0.15, 0.2) is 18.2 Å². The molecule has 104 valence electrons. The summed E-state index contributed by atoms with van der Waals surface area (Å²) in [5, 5.41) is 6.39. The van der Waals surface area contributed by atoms with E-state index in [1.807, 2.05) is 25.1 Å². The highest BCUT2D eigenvalue weighted by atomic mass is 16.1. The number of carbonyl (C=O) groups is 1. The summed E-state index contributed by atoms with van der Waals surface area (Å²) in [6, 6.07) is 6.00. The predicted molar refractivity (Wildman–Crippen MR) is 79.6 cm³/mol. The van der Waals surface area contributed by atoms with Crippen LogP contribution in [0.5, 0.6) is 0 Å². The molecule has 1 aromatic rings. The van der Waals surface area contributed by atoms with Crippen molar-refractivity contribution in [2.45, 2.75) is 40.0 Å². The van der Waals surface area contributed by atoms with Crippen LogP contribution in [0, 0.1) is 12.3 Å². The maximum absolute atomic E-state index is 12.3. The normalized spacial score (nSPS) is 15.9. The topological polar surface area (TPSA) is 41.1 Å². The number of aryl methyl sites for hydroxylation is 1. The Labute approximate surface area is 115 Å². The third kappa shape index (κ3) is 3.72. The molecule has 1 saturated carbocycles. The summed E-state index contributed by atoms with van der Waals surface area (Å²) in [7, 11) is 0. The minimum absolute atomic E-state index is 0.0374. The van der Waals surface area contributed by atoms with Crippen molar-refractivity contribution in [3.8, 4) is 0 Å². The van der Waals surface area contributed by atoms with Crippen molar-refractivity contribution in [3.63, 3.8) is 0 Å². The van der Waals surface area contributed by atoms with Gasteiger partial charge in [0.05, 0.1) is 5.56 Å². The first-order valence-corrected chi connectivity index (χ1v) is 7.17. The Morgan fingerprint density at radius 1 is 1.37 bits per heavy atom. The van der Waals surface area contributed by atoms with Gasteiger partial charge in [0.15, 0.2) is 0 Å². The van der Waals surface area contributed by atoms with E-state index >= 15 is 0 Å². The van der Waals surface area contributed by atoms with Crippen LogP contribution in [0.4, 0.5) is 5.69 Å². The predicted octanol–water partition coefficient (Wildman–Crippen LogP) is 3.35. The zero-order chi connectivity index (χ0) is 13.9. The van der Waals surface area contributed by atoms with Gasteiger partial charge in [-0.05, 0) is 43.7 Å². The molecule has 0 aliphatic heterocycles. The van der Waals surface area contributed by atoms with Gasteiger partial charge < -0.3 is 10.6 Å². The highest BCUT2D eigenvalue weighted by molar-refractivity contribution is 5.99. The Hall–Kier alpha value is -1.51. The number of nitrogens with one attached hydrogen (secondary N) is 2. The van der Waals surface area contributed by atoms with Gasteiger partial charge in [-0.15, -0.1) is 0 Å². The molecule has 2 N–H and O–H groups in total. The van der Waals surface area contributed by atoms with Crippen molar-refractivity contribution in [3.05, 3.63) is 29.3 Å². The molecule has 0 radical (unpaired) electrons. The summed E-state index contributed by atoms with van der Waals surface area (Å²) in [4.78, 5) is 12.3. The second kappa shape index (κ2) is 5.64. The molecule has 1 aliphatic rings. The number of carbonyl (C=O) groups excluding carboxylic acids is 1. The van der Waals surface area contributed by atoms with E-state index in [2.05, 4.69) is 24.5 Å². The van der Waals surface area contributed by atoms with E-state index in [0.717, 1.165) is 36.3 Å². The first-order valence-electron chi connectivity index (χ1n) is 7.17. The van der Waals surface area contributed by atoms with Crippen LogP contribution in [0.25, 0.3) is 0 Å². The van der Waals surface area contributed by atoms with E-state index in [0.29, 0.717) is 5.41 Å². The lowest BCUT2D eigenvalue weighted by atomic mass is 10.1. The van der Waals surface area contributed by atoms with Crippen molar-refractivity contribution in [1.29, 1.82) is 0 Å². The number of hydrogen-bond acceptors (Lipinski definition) is 2. The molecule has 1 aliphatic carbocycles. The van der Waals surface area contributed by atoms with Crippen molar-refractivity contribution < 1.29 is 4.79 Å². The molecule has 0 atom stereocenters. The molecule has 3 nitrogen and oxygen atoms in total. The van der Waals surface area contributed by atoms with Gasteiger partial charge in [-0.2, -0.15) is 0 Å². The van der Waals surface area contributed by atoms with E-state index in [9.17, 15) is 4.79 Å². The largest absolute Gasteiger partial charge is 0.384 e. The SMILES string of the molecule is CCCNc1ccc(C)cc1C(=O)NCC1(C)CC1. The van der Waals surface area contributed by atoms with Crippen LogP contribution in [-0.2, 0) is 0 Å². The maximum Gasteiger partial charge on any atom is 0.253 e. The van der Waals surface area contributed by atoms with Crippen LogP contribution in [-0.4, -0.2) is 19.0 Å². The van der Waals surface area contributed by atoms with Crippen LogP contribution in [0.1, 0.15) is 49.0 Å². The molecule has 3 heteroatoms.